The van der Waals surface area contributed by atoms with E-state index in [4.69, 9.17) is 4.74 Å². The zero-order valence-corrected chi connectivity index (χ0v) is 14.5. The Hall–Kier alpha value is -2.56. The summed E-state index contributed by atoms with van der Waals surface area (Å²) in [5.74, 6) is 1.19. The fraction of sp³-hybridized carbons (Fsp3) is 0.400. The van der Waals surface area contributed by atoms with Crippen LogP contribution in [0.1, 0.15) is 37.7 Å². The van der Waals surface area contributed by atoms with E-state index in [0.717, 1.165) is 17.8 Å². The van der Waals surface area contributed by atoms with Crippen molar-refractivity contribution in [2.45, 2.75) is 32.1 Å². The molecule has 5 heteroatoms. The average molecular weight is 339 g/mol. The molecule has 1 heterocycles. The molecule has 1 amide bonds. The maximum atomic E-state index is 12.1. The second-order valence-electron chi connectivity index (χ2n) is 6.51. The van der Waals surface area contributed by atoms with E-state index >= 15 is 0 Å². The fourth-order valence-corrected chi connectivity index (χ4v) is 3.23. The number of imidazole rings is 1. The lowest BCUT2D eigenvalue weighted by Gasteiger charge is -2.21. The Morgan fingerprint density at radius 2 is 2.08 bits per heavy atom. The molecular weight excluding hydrogens is 314 g/mol. The van der Waals surface area contributed by atoms with Crippen LogP contribution in [0.2, 0.25) is 0 Å². The molecule has 3 rings (SSSR count). The monoisotopic (exact) mass is 339 g/mol. The Kier molecular flexibility index (Phi) is 5.88. The highest BCUT2D eigenvalue weighted by atomic mass is 16.5. The van der Waals surface area contributed by atoms with E-state index in [1.165, 1.54) is 32.1 Å². The Morgan fingerprint density at radius 3 is 2.84 bits per heavy atom. The van der Waals surface area contributed by atoms with Gasteiger partial charge in [0.2, 0.25) is 0 Å². The van der Waals surface area contributed by atoms with Crippen LogP contribution < -0.4 is 10.1 Å². The number of amides is 1. The molecule has 1 N–H and O–H groups in total. The number of hydrogen-bond donors (Lipinski definition) is 1. The van der Waals surface area contributed by atoms with Crippen molar-refractivity contribution < 1.29 is 9.53 Å². The largest absolute Gasteiger partial charge is 0.483 e. The molecule has 1 saturated carbocycles. The minimum atomic E-state index is -0.0754. The van der Waals surface area contributed by atoms with Gasteiger partial charge in [0.15, 0.2) is 6.61 Å². The number of hydrogen-bond acceptors (Lipinski definition) is 3. The molecule has 1 fully saturated rings. The summed E-state index contributed by atoms with van der Waals surface area (Å²) >= 11 is 0. The molecule has 2 aromatic rings. The van der Waals surface area contributed by atoms with Gasteiger partial charge in [-0.1, -0.05) is 38.0 Å². The molecule has 1 aliphatic carbocycles. The third-order valence-electron chi connectivity index (χ3n) is 4.69. The van der Waals surface area contributed by atoms with Gasteiger partial charge in [-0.25, -0.2) is 4.98 Å². The quantitative estimate of drug-likeness (QED) is 0.840. The van der Waals surface area contributed by atoms with Gasteiger partial charge in [-0.15, -0.1) is 0 Å². The van der Waals surface area contributed by atoms with E-state index in [9.17, 15) is 4.79 Å². The van der Waals surface area contributed by atoms with Crippen LogP contribution in [0, 0.1) is 5.92 Å². The molecule has 1 aromatic carbocycles. The summed E-state index contributed by atoms with van der Waals surface area (Å²) in [4.78, 5) is 16.1. The minimum Gasteiger partial charge on any atom is -0.483 e. The molecular formula is C20H25N3O2. The van der Waals surface area contributed by atoms with Gasteiger partial charge in [0, 0.05) is 24.5 Å². The molecule has 1 aromatic heterocycles. The van der Waals surface area contributed by atoms with Crippen LogP contribution in [-0.4, -0.2) is 28.6 Å². The Bertz CT molecular complexity index is 703. The van der Waals surface area contributed by atoms with E-state index < -0.39 is 0 Å². The van der Waals surface area contributed by atoms with Crippen molar-refractivity contribution >= 4 is 11.6 Å². The normalized spacial score (nSPS) is 14.9. The number of rotatable bonds is 7. The molecule has 0 bridgehead atoms. The molecule has 5 nitrogen and oxygen atoms in total. The van der Waals surface area contributed by atoms with Gasteiger partial charge in [-0.2, -0.15) is 0 Å². The van der Waals surface area contributed by atoms with Gasteiger partial charge in [-0.3, -0.25) is 4.79 Å². The summed E-state index contributed by atoms with van der Waals surface area (Å²) in [5.41, 5.74) is 1.61. The number of para-hydroxylation sites is 1. The van der Waals surface area contributed by atoms with Crippen LogP contribution in [-0.2, 0) is 4.79 Å². The number of carbonyl (C=O) groups excluding carboxylic acids is 1. The van der Waals surface area contributed by atoms with Crippen LogP contribution in [0.4, 0.5) is 0 Å². The van der Waals surface area contributed by atoms with Gasteiger partial charge >= 0.3 is 0 Å². The van der Waals surface area contributed by atoms with Crippen molar-refractivity contribution in [2.24, 2.45) is 5.92 Å². The number of ether oxygens (including phenoxy) is 1. The summed E-state index contributed by atoms with van der Waals surface area (Å²) in [6.07, 6.45) is 11.5. The van der Waals surface area contributed by atoms with Gasteiger partial charge in [-0.05, 0) is 30.9 Å². The van der Waals surface area contributed by atoms with Crippen molar-refractivity contribution in [2.75, 3.05) is 13.2 Å². The Labute approximate surface area is 148 Å². The van der Waals surface area contributed by atoms with E-state index in [0.29, 0.717) is 11.7 Å². The second kappa shape index (κ2) is 8.51. The van der Waals surface area contributed by atoms with Gasteiger partial charge < -0.3 is 14.6 Å². The van der Waals surface area contributed by atoms with E-state index in [1.807, 2.05) is 35.0 Å². The highest BCUT2D eigenvalue weighted by molar-refractivity contribution is 5.78. The SMILES string of the molecule is C=C(c1ccccc1OCC(=O)NCC1CCCCC1)n1ccnc1. The first-order valence-electron chi connectivity index (χ1n) is 8.90. The maximum Gasteiger partial charge on any atom is 0.257 e. The van der Waals surface area contributed by atoms with Gasteiger partial charge in [0.25, 0.3) is 5.91 Å². The maximum absolute atomic E-state index is 12.1. The average Bonchev–Trinajstić information content (AvgIpc) is 3.20. The summed E-state index contributed by atoms with van der Waals surface area (Å²) in [6, 6.07) is 7.59. The van der Waals surface area contributed by atoms with Crippen LogP contribution in [0.25, 0.3) is 5.70 Å². The molecule has 0 saturated heterocycles. The van der Waals surface area contributed by atoms with Crippen LogP contribution in [0.15, 0.2) is 49.6 Å². The lowest BCUT2D eigenvalue weighted by molar-refractivity contribution is -0.123. The van der Waals surface area contributed by atoms with Gasteiger partial charge in [0.05, 0.1) is 12.0 Å². The third-order valence-corrected chi connectivity index (χ3v) is 4.69. The second-order valence-corrected chi connectivity index (χ2v) is 6.51. The molecule has 0 spiro atoms. The summed E-state index contributed by atoms with van der Waals surface area (Å²) in [6.45, 7) is 4.87. The fourth-order valence-electron chi connectivity index (χ4n) is 3.23. The number of nitrogens with zero attached hydrogens (tertiary/aromatic N) is 2. The standard InChI is InChI=1S/C20H25N3O2/c1-16(23-12-11-21-15-23)18-9-5-6-10-19(18)25-14-20(24)22-13-17-7-3-2-4-8-17/h5-6,9-12,15,17H,1-4,7-8,13-14H2,(H,22,24). The van der Waals surface area contributed by atoms with E-state index in [-0.39, 0.29) is 12.5 Å². The number of aromatic nitrogens is 2. The molecule has 0 unspecified atom stereocenters. The van der Waals surface area contributed by atoms with Crippen molar-refractivity contribution in [3.8, 4) is 5.75 Å². The topological polar surface area (TPSA) is 56.1 Å². The summed E-state index contributed by atoms with van der Waals surface area (Å²) in [5, 5.41) is 3.00. The molecule has 0 atom stereocenters. The predicted octanol–water partition coefficient (Wildman–Crippen LogP) is 3.48. The predicted molar refractivity (Wildman–Crippen MR) is 98.2 cm³/mol. The van der Waals surface area contributed by atoms with Crippen LogP contribution in [0.3, 0.4) is 0 Å². The first-order valence-corrected chi connectivity index (χ1v) is 8.90. The van der Waals surface area contributed by atoms with Gasteiger partial charge in [0.1, 0.15) is 5.75 Å². The first-order chi connectivity index (χ1) is 12.2. The lowest BCUT2D eigenvalue weighted by Crippen LogP contribution is -2.33. The molecule has 0 aliphatic heterocycles. The molecule has 1 aliphatic rings. The Balaban J connectivity index is 1.54. The van der Waals surface area contributed by atoms with Crippen LogP contribution in [0.5, 0.6) is 5.75 Å². The zero-order chi connectivity index (χ0) is 17.5. The van der Waals surface area contributed by atoms with Crippen molar-refractivity contribution in [3.63, 3.8) is 0 Å². The highest BCUT2D eigenvalue weighted by Gasteiger charge is 2.15. The lowest BCUT2D eigenvalue weighted by atomic mass is 9.89. The minimum absolute atomic E-state index is 0.0148. The number of nitrogens with one attached hydrogen (secondary N) is 1. The highest BCUT2D eigenvalue weighted by Crippen LogP contribution is 2.26. The molecule has 0 radical (unpaired) electrons. The molecule has 25 heavy (non-hydrogen) atoms. The third kappa shape index (κ3) is 4.72. The molecule has 132 valence electrons. The summed E-state index contributed by atoms with van der Waals surface area (Å²) < 4.78 is 7.58. The van der Waals surface area contributed by atoms with Crippen molar-refractivity contribution in [3.05, 3.63) is 55.1 Å². The number of benzene rings is 1. The Morgan fingerprint density at radius 1 is 1.28 bits per heavy atom. The zero-order valence-electron chi connectivity index (χ0n) is 14.5. The van der Waals surface area contributed by atoms with Crippen LogP contribution >= 0.6 is 0 Å². The smallest absolute Gasteiger partial charge is 0.257 e. The van der Waals surface area contributed by atoms with E-state index in [2.05, 4.69) is 16.9 Å². The number of carbonyl (C=O) groups is 1. The first kappa shape index (κ1) is 17.3. The van der Waals surface area contributed by atoms with Crippen molar-refractivity contribution in [1.82, 2.24) is 14.9 Å². The summed E-state index contributed by atoms with van der Waals surface area (Å²) in [7, 11) is 0. The van der Waals surface area contributed by atoms with Crippen molar-refractivity contribution in [1.29, 1.82) is 0 Å². The van der Waals surface area contributed by atoms with E-state index in [1.54, 1.807) is 12.5 Å².